The molecule has 3 heterocycles. The van der Waals surface area contributed by atoms with Crippen LogP contribution in [0.25, 0.3) is 0 Å². The van der Waals surface area contributed by atoms with Gasteiger partial charge in [-0.3, -0.25) is 9.69 Å². The number of likely N-dealkylation sites (tertiary alicyclic amines) is 1. The summed E-state index contributed by atoms with van der Waals surface area (Å²) in [5.74, 6) is 1.62. The molecule has 1 N–H and O–H groups in total. The van der Waals surface area contributed by atoms with E-state index in [-0.39, 0.29) is 5.91 Å². The van der Waals surface area contributed by atoms with Gasteiger partial charge in [0.1, 0.15) is 11.5 Å². The number of hydrogen-bond acceptors (Lipinski definition) is 5. The van der Waals surface area contributed by atoms with Gasteiger partial charge in [0.05, 0.1) is 0 Å². The molecule has 5 rings (SSSR count). The minimum absolute atomic E-state index is 0.0285. The van der Waals surface area contributed by atoms with Crippen molar-refractivity contribution in [2.45, 2.75) is 69.9 Å². The molecular weight excluding hydrogens is 386 g/mol. The highest BCUT2D eigenvalue weighted by atomic mass is 16.1. The van der Waals surface area contributed by atoms with E-state index in [1.807, 2.05) is 12.1 Å². The average Bonchev–Trinajstić information content (AvgIpc) is 3.55. The van der Waals surface area contributed by atoms with E-state index in [9.17, 15) is 4.79 Å². The summed E-state index contributed by atoms with van der Waals surface area (Å²) in [7, 11) is 0. The summed E-state index contributed by atoms with van der Waals surface area (Å²) in [4.78, 5) is 25.1. The molecule has 1 aromatic heterocycles. The number of carbonyl (C=O) groups excluding carboxylic acids is 1. The number of piperidine rings is 1. The van der Waals surface area contributed by atoms with Gasteiger partial charge in [0.25, 0.3) is 5.91 Å². The van der Waals surface area contributed by atoms with Crippen molar-refractivity contribution in [3.05, 3.63) is 23.9 Å². The standard InChI is InChI=1S/C25H39N5O/c31-25(26-19-20-9-10-20)23-7-3-8-24(27-23)30-14-4-13-28(17-18-30)22-11-15-29(16-12-22)21-5-1-2-6-21/h3,7-8,20-22H,1-2,4-6,9-19H2,(H,26,31). The van der Waals surface area contributed by atoms with Crippen molar-refractivity contribution in [2.75, 3.05) is 50.7 Å². The maximum atomic E-state index is 12.5. The maximum Gasteiger partial charge on any atom is 0.269 e. The van der Waals surface area contributed by atoms with Crippen molar-refractivity contribution >= 4 is 11.7 Å². The van der Waals surface area contributed by atoms with Gasteiger partial charge in [-0.1, -0.05) is 18.9 Å². The molecule has 2 aliphatic carbocycles. The lowest BCUT2D eigenvalue weighted by Crippen LogP contribution is -2.48. The Morgan fingerprint density at radius 2 is 1.58 bits per heavy atom. The van der Waals surface area contributed by atoms with Gasteiger partial charge in [0.2, 0.25) is 0 Å². The molecule has 0 unspecified atom stereocenters. The highest BCUT2D eigenvalue weighted by molar-refractivity contribution is 5.92. The van der Waals surface area contributed by atoms with Crippen LogP contribution in [0.1, 0.15) is 68.3 Å². The molecule has 0 radical (unpaired) electrons. The lowest BCUT2D eigenvalue weighted by atomic mass is 10.0. The molecule has 0 aromatic carbocycles. The summed E-state index contributed by atoms with van der Waals surface area (Å²) in [6, 6.07) is 7.50. The summed E-state index contributed by atoms with van der Waals surface area (Å²) in [6.07, 6.45) is 12.0. The van der Waals surface area contributed by atoms with Gasteiger partial charge in [0.15, 0.2) is 0 Å². The van der Waals surface area contributed by atoms with E-state index >= 15 is 0 Å². The fourth-order valence-corrected chi connectivity index (χ4v) is 5.79. The Morgan fingerprint density at radius 1 is 0.839 bits per heavy atom. The van der Waals surface area contributed by atoms with Crippen LogP contribution in [-0.4, -0.2) is 78.6 Å². The predicted octanol–water partition coefficient (Wildman–Crippen LogP) is 3.14. The zero-order valence-electron chi connectivity index (χ0n) is 19.0. The monoisotopic (exact) mass is 425 g/mol. The zero-order chi connectivity index (χ0) is 21.0. The molecule has 31 heavy (non-hydrogen) atoms. The second kappa shape index (κ2) is 9.86. The lowest BCUT2D eigenvalue weighted by Gasteiger charge is -2.40. The molecule has 4 aliphatic rings. The molecule has 2 saturated carbocycles. The van der Waals surface area contributed by atoms with Crippen molar-refractivity contribution in [2.24, 2.45) is 5.92 Å². The summed E-state index contributed by atoms with van der Waals surface area (Å²) in [5.41, 5.74) is 0.554. The van der Waals surface area contributed by atoms with Crippen LogP contribution in [0.15, 0.2) is 18.2 Å². The van der Waals surface area contributed by atoms with Crippen molar-refractivity contribution in [3.63, 3.8) is 0 Å². The summed E-state index contributed by atoms with van der Waals surface area (Å²) >= 11 is 0. The molecular formula is C25H39N5O. The minimum Gasteiger partial charge on any atom is -0.355 e. The van der Waals surface area contributed by atoms with Crippen LogP contribution in [-0.2, 0) is 0 Å². The molecule has 4 fully saturated rings. The molecule has 170 valence electrons. The van der Waals surface area contributed by atoms with Gasteiger partial charge in [-0.05, 0) is 76.1 Å². The Morgan fingerprint density at radius 3 is 2.35 bits per heavy atom. The first-order valence-corrected chi connectivity index (χ1v) is 12.7. The Balaban J connectivity index is 1.13. The third kappa shape index (κ3) is 5.40. The van der Waals surface area contributed by atoms with E-state index in [1.165, 1.54) is 77.4 Å². The number of rotatable bonds is 6. The third-order valence-corrected chi connectivity index (χ3v) is 7.93. The minimum atomic E-state index is -0.0285. The number of nitrogens with one attached hydrogen (secondary N) is 1. The molecule has 1 amide bonds. The van der Waals surface area contributed by atoms with E-state index in [0.29, 0.717) is 11.6 Å². The fraction of sp³-hybridized carbons (Fsp3) is 0.760. The first-order valence-electron chi connectivity index (χ1n) is 12.7. The average molecular weight is 426 g/mol. The molecule has 1 aromatic rings. The molecule has 6 heteroatoms. The van der Waals surface area contributed by atoms with Crippen molar-refractivity contribution in [1.29, 1.82) is 0 Å². The van der Waals surface area contributed by atoms with Crippen LogP contribution in [0.5, 0.6) is 0 Å². The summed E-state index contributed by atoms with van der Waals surface area (Å²) < 4.78 is 0. The van der Waals surface area contributed by atoms with Gasteiger partial charge >= 0.3 is 0 Å². The van der Waals surface area contributed by atoms with Gasteiger partial charge in [-0.2, -0.15) is 0 Å². The first kappa shape index (κ1) is 21.2. The van der Waals surface area contributed by atoms with E-state index < -0.39 is 0 Å². The zero-order valence-corrected chi connectivity index (χ0v) is 19.0. The van der Waals surface area contributed by atoms with Crippen LogP contribution < -0.4 is 10.2 Å². The Bertz CT molecular complexity index is 737. The van der Waals surface area contributed by atoms with E-state index in [4.69, 9.17) is 4.98 Å². The van der Waals surface area contributed by atoms with Crippen LogP contribution in [0.4, 0.5) is 5.82 Å². The SMILES string of the molecule is O=C(NCC1CC1)c1cccc(N2CCCN(C3CCN(C4CCCC4)CC3)CC2)n1. The Labute approximate surface area is 187 Å². The van der Waals surface area contributed by atoms with Crippen molar-refractivity contribution in [3.8, 4) is 0 Å². The number of anilines is 1. The van der Waals surface area contributed by atoms with Crippen LogP contribution >= 0.6 is 0 Å². The molecule has 0 atom stereocenters. The summed E-state index contributed by atoms with van der Waals surface area (Å²) in [5, 5.41) is 3.04. The molecule has 2 saturated heterocycles. The van der Waals surface area contributed by atoms with Gasteiger partial charge in [0, 0.05) is 44.8 Å². The molecule has 6 nitrogen and oxygen atoms in total. The van der Waals surface area contributed by atoms with Gasteiger partial charge in [-0.15, -0.1) is 0 Å². The molecule has 0 spiro atoms. The van der Waals surface area contributed by atoms with Crippen LogP contribution in [0.3, 0.4) is 0 Å². The predicted molar refractivity (Wildman–Crippen MR) is 125 cm³/mol. The fourth-order valence-electron chi connectivity index (χ4n) is 5.79. The normalized spacial score (nSPS) is 25.0. The first-order chi connectivity index (χ1) is 15.3. The van der Waals surface area contributed by atoms with E-state index in [1.54, 1.807) is 0 Å². The number of nitrogens with zero attached hydrogens (tertiary/aromatic N) is 4. The summed E-state index contributed by atoms with van der Waals surface area (Å²) in [6.45, 7) is 7.69. The maximum absolute atomic E-state index is 12.5. The smallest absolute Gasteiger partial charge is 0.269 e. The van der Waals surface area contributed by atoms with Crippen molar-refractivity contribution < 1.29 is 4.79 Å². The molecule has 2 aliphatic heterocycles. The second-order valence-electron chi connectivity index (χ2n) is 10.1. The van der Waals surface area contributed by atoms with Crippen LogP contribution in [0, 0.1) is 5.92 Å². The largest absolute Gasteiger partial charge is 0.355 e. The third-order valence-electron chi connectivity index (χ3n) is 7.93. The number of carbonyl (C=O) groups is 1. The second-order valence-corrected chi connectivity index (χ2v) is 10.1. The molecule has 0 bridgehead atoms. The highest BCUT2D eigenvalue weighted by Gasteiger charge is 2.30. The lowest BCUT2D eigenvalue weighted by molar-refractivity contribution is 0.0884. The number of hydrogen-bond donors (Lipinski definition) is 1. The quantitative estimate of drug-likeness (QED) is 0.759. The Hall–Kier alpha value is -1.66. The number of amides is 1. The van der Waals surface area contributed by atoms with E-state index in [2.05, 4.69) is 26.1 Å². The van der Waals surface area contributed by atoms with Gasteiger partial charge < -0.3 is 15.1 Å². The number of pyridine rings is 1. The van der Waals surface area contributed by atoms with E-state index in [0.717, 1.165) is 44.1 Å². The number of aromatic nitrogens is 1. The van der Waals surface area contributed by atoms with Gasteiger partial charge in [-0.25, -0.2) is 4.98 Å². The Kier molecular flexibility index (Phi) is 6.75. The highest BCUT2D eigenvalue weighted by Crippen LogP contribution is 2.28. The topological polar surface area (TPSA) is 51.7 Å². The van der Waals surface area contributed by atoms with Crippen molar-refractivity contribution in [1.82, 2.24) is 20.1 Å². The van der Waals surface area contributed by atoms with Crippen LogP contribution in [0.2, 0.25) is 0 Å².